The van der Waals surface area contributed by atoms with Gasteiger partial charge in [-0.2, -0.15) is 0 Å². The van der Waals surface area contributed by atoms with Crippen LogP contribution < -0.4 is 18.9 Å². The molecule has 0 aliphatic carbocycles. The van der Waals surface area contributed by atoms with Crippen molar-refractivity contribution in [1.82, 2.24) is 0 Å². The van der Waals surface area contributed by atoms with E-state index in [1.807, 2.05) is 36.4 Å². The van der Waals surface area contributed by atoms with Gasteiger partial charge in [-0.15, -0.1) is 11.8 Å². The van der Waals surface area contributed by atoms with Crippen LogP contribution in [0.15, 0.2) is 36.4 Å². The fourth-order valence-electron chi connectivity index (χ4n) is 4.23. The first-order valence-corrected chi connectivity index (χ1v) is 11.8. The Hall–Kier alpha value is -3.07. The molecule has 9 heteroatoms. The fourth-order valence-corrected chi connectivity index (χ4v) is 5.80. The quantitative estimate of drug-likeness (QED) is 0.487. The Morgan fingerprint density at radius 2 is 1.29 bits per heavy atom. The molecule has 2 aromatic carbocycles. The van der Waals surface area contributed by atoms with Gasteiger partial charge in [-0.25, -0.2) is 0 Å². The maximum absolute atomic E-state index is 12.1. The summed E-state index contributed by atoms with van der Waals surface area (Å²) in [6, 6.07) is 11.1. The number of benzene rings is 2. The van der Waals surface area contributed by atoms with E-state index in [1.54, 1.807) is 40.2 Å². The van der Waals surface area contributed by atoms with Gasteiger partial charge in [0.25, 0.3) is 0 Å². The molecular weight excluding hydrogens is 460 g/mol. The molecule has 0 N–H and O–H groups in total. The Balaban J connectivity index is 2.24. The summed E-state index contributed by atoms with van der Waals surface area (Å²) in [7, 11) is 6.38. The molecule has 3 rings (SSSR count). The highest BCUT2D eigenvalue weighted by Crippen LogP contribution is 2.49. The first-order chi connectivity index (χ1) is 16.3. The number of hydrogen-bond donors (Lipinski definition) is 0. The largest absolute Gasteiger partial charge is 0.497 e. The monoisotopic (exact) mass is 490 g/mol. The standard InChI is InChI=1S/C25H30O8S/c1-14(26)32-22-13-34-25(24(22)33-15(2)27)23(18-11-16(28-3)7-9-20(18)30-5)19-12-17(29-4)8-10-21(19)31-6/h7-12,22-25H,13H2,1-6H3/t22-,24+,25-/m1/s1. The van der Waals surface area contributed by atoms with Crippen molar-refractivity contribution < 1.29 is 38.0 Å². The van der Waals surface area contributed by atoms with E-state index in [2.05, 4.69) is 0 Å². The number of carbonyl (C=O) groups excluding carboxylic acids is 2. The lowest BCUT2D eigenvalue weighted by Crippen LogP contribution is -2.39. The zero-order valence-corrected chi connectivity index (χ0v) is 21.0. The van der Waals surface area contributed by atoms with Crippen LogP contribution in [0.5, 0.6) is 23.0 Å². The highest BCUT2D eigenvalue weighted by atomic mass is 32.2. The molecule has 0 amide bonds. The SMILES string of the molecule is COc1ccc(OC)c(C(c2cc(OC)ccc2OC)[C@H]2SC[C@@H](OC(C)=O)[C@@H]2OC(C)=O)c1. The molecule has 8 nitrogen and oxygen atoms in total. The van der Waals surface area contributed by atoms with Crippen LogP contribution in [0.1, 0.15) is 30.9 Å². The average Bonchev–Trinajstić information content (AvgIpc) is 3.19. The van der Waals surface area contributed by atoms with Gasteiger partial charge in [0, 0.05) is 36.6 Å². The van der Waals surface area contributed by atoms with E-state index in [0.717, 1.165) is 11.1 Å². The van der Waals surface area contributed by atoms with Crippen molar-refractivity contribution in [1.29, 1.82) is 0 Å². The van der Waals surface area contributed by atoms with Gasteiger partial charge in [0.15, 0.2) is 6.10 Å². The molecule has 2 aromatic rings. The van der Waals surface area contributed by atoms with Crippen molar-refractivity contribution >= 4 is 23.7 Å². The first kappa shape index (κ1) is 25.6. The van der Waals surface area contributed by atoms with Crippen molar-refractivity contribution in [2.24, 2.45) is 0 Å². The number of carbonyl (C=O) groups is 2. The van der Waals surface area contributed by atoms with Gasteiger partial charge in [-0.3, -0.25) is 9.59 Å². The number of rotatable bonds is 9. The second-order valence-corrected chi connectivity index (χ2v) is 8.92. The Morgan fingerprint density at radius 3 is 1.71 bits per heavy atom. The molecule has 0 aromatic heterocycles. The third kappa shape index (κ3) is 5.52. The van der Waals surface area contributed by atoms with E-state index in [1.165, 1.54) is 13.8 Å². The molecule has 1 heterocycles. The summed E-state index contributed by atoms with van der Waals surface area (Å²) in [5.41, 5.74) is 1.62. The van der Waals surface area contributed by atoms with E-state index in [9.17, 15) is 9.59 Å². The zero-order valence-electron chi connectivity index (χ0n) is 20.2. The molecule has 1 saturated heterocycles. The number of methoxy groups -OCH3 is 4. The predicted octanol–water partition coefficient (Wildman–Crippen LogP) is 3.83. The second kappa shape index (κ2) is 11.4. The lowest BCUT2D eigenvalue weighted by atomic mass is 9.83. The van der Waals surface area contributed by atoms with Crippen LogP contribution in [-0.2, 0) is 19.1 Å². The van der Waals surface area contributed by atoms with E-state index in [-0.39, 0.29) is 11.2 Å². The van der Waals surface area contributed by atoms with Gasteiger partial charge >= 0.3 is 11.9 Å². The average molecular weight is 491 g/mol. The number of hydrogen-bond acceptors (Lipinski definition) is 9. The lowest BCUT2D eigenvalue weighted by molar-refractivity contribution is -0.162. The van der Waals surface area contributed by atoms with Gasteiger partial charge in [-0.1, -0.05) is 0 Å². The van der Waals surface area contributed by atoms with E-state index in [0.29, 0.717) is 28.8 Å². The van der Waals surface area contributed by atoms with Crippen LogP contribution >= 0.6 is 11.8 Å². The molecule has 1 aliphatic rings. The molecule has 34 heavy (non-hydrogen) atoms. The topological polar surface area (TPSA) is 89.5 Å². The minimum Gasteiger partial charge on any atom is -0.497 e. The van der Waals surface area contributed by atoms with E-state index in [4.69, 9.17) is 28.4 Å². The zero-order chi connectivity index (χ0) is 24.8. The van der Waals surface area contributed by atoms with Crippen LogP contribution in [0.2, 0.25) is 0 Å². The molecule has 0 spiro atoms. The number of esters is 2. The Kier molecular flexibility index (Phi) is 8.55. The summed E-state index contributed by atoms with van der Waals surface area (Å²) < 4.78 is 33.7. The second-order valence-electron chi connectivity index (χ2n) is 7.71. The lowest BCUT2D eigenvalue weighted by Gasteiger charge is -2.32. The highest BCUT2D eigenvalue weighted by molar-refractivity contribution is 8.00. The predicted molar refractivity (Wildman–Crippen MR) is 128 cm³/mol. The Labute approximate surface area is 203 Å². The van der Waals surface area contributed by atoms with Gasteiger partial charge < -0.3 is 28.4 Å². The van der Waals surface area contributed by atoms with E-state index < -0.39 is 24.1 Å². The minimum absolute atomic E-state index is 0.324. The maximum Gasteiger partial charge on any atom is 0.303 e. The van der Waals surface area contributed by atoms with Crippen molar-refractivity contribution in [2.45, 2.75) is 37.2 Å². The third-order valence-electron chi connectivity index (χ3n) is 5.63. The molecule has 1 aliphatic heterocycles. The van der Waals surface area contributed by atoms with Crippen LogP contribution in [0.3, 0.4) is 0 Å². The van der Waals surface area contributed by atoms with Gasteiger partial charge in [0.2, 0.25) is 0 Å². The molecule has 3 atom stereocenters. The third-order valence-corrected chi connectivity index (χ3v) is 7.08. The van der Waals surface area contributed by atoms with Gasteiger partial charge in [0.1, 0.15) is 29.1 Å². The fraction of sp³-hybridized carbons (Fsp3) is 0.440. The molecule has 0 radical (unpaired) electrons. The normalized spacial score (nSPS) is 19.4. The molecular formula is C25H30O8S. The number of thioether (sulfide) groups is 1. The van der Waals surface area contributed by atoms with Crippen LogP contribution in [-0.4, -0.2) is 63.6 Å². The van der Waals surface area contributed by atoms with Crippen LogP contribution in [0.4, 0.5) is 0 Å². The smallest absolute Gasteiger partial charge is 0.303 e. The molecule has 184 valence electrons. The summed E-state index contributed by atoms with van der Waals surface area (Å²) in [5, 5.41) is -0.324. The number of ether oxygens (including phenoxy) is 6. The maximum atomic E-state index is 12.1. The Morgan fingerprint density at radius 1 is 0.794 bits per heavy atom. The molecule has 0 bridgehead atoms. The van der Waals surface area contributed by atoms with Gasteiger partial charge in [-0.05, 0) is 36.4 Å². The van der Waals surface area contributed by atoms with Crippen LogP contribution in [0.25, 0.3) is 0 Å². The molecule has 0 saturated carbocycles. The van der Waals surface area contributed by atoms with Crippen molar-refractivity contribution in [2.75, 3.05) is 34.2 Å². The summed E-state index contributed by atoms with van der Waals surface area (Å²) >= 11 is 1.56. The highest BCUT2D eigenvalue weighted by Gasteiger charge is 2.47. The van der Waals surface area contributed by atoms with Crippen molar-refractivity contribution in [3.8, 4) is 23.0 Å². The van der Waals surface area contributed by atoms with Gasteiger partial charge in [0.05, 0.1) is 33.7 Å². The summed E-state index contributed by atoms with van der Waals surface area (Å²) in [4.78, 5) is 23.8. The summed E-state index contributed by atoms with van der Waals surface area (Å²) in [5.74, 6) is 1.75. The van der Waals surface area contributed by atoms with Crippen molar-refractivity contribution in [3.63, 3.8) is 0 Å². The first-order valence-electron chi connectivity index (χ1n) is 10.7. The molecule has 1 fully saturated rings. The van der Waals surface area contributed by atoms with Crippen LogP contribution in [0, 0.1) is 0 Å². The minimum atomic E-state index is -0.691. The summed E-state index contributed by atoms with van der Waals surface area (Å²) in [6.07, 6.45) is -1.28. The summed E-state index contributed by atoms with van der Waals surface area (Å²) in [6.45, 7) is 2.69. The van der Waals surface area contributed by atoms with Crippen molar-refractivity contribution in [3.05, 3.63) is 47.5 Å². The van der Waals surface area contributed by atoms with E-state index >= 15 is 0 Å². The Bertz CT molecular complexity index is 968. The molecule has 0 unspecified atom stereocenters.